The Morgan fingerprint density at radius 1 is 1.14 bits per heavy atom. The minimum atomic E-state index is -4.68. The van der Waals surface area contributed by atoms with Crippen LogP contribution in [0.5, 0.6) is 5.75 Å². The van der Waals surface area contributed by atoms with Crippen LogP contribution in [-0.2, 0) is 10.9 Å². The third kappa shape index (κ3) is 4.73. The Balaban J connectivity index is 1.95. The number of halogens is 4. The van der Waals surface area contributed by atoms with Crippen LogP contribution in [0.15, 0.2) is 36.4 Å². The van der Waals surface area contributed by atoms with E-state index in [1.54, 1.807) is 0 Å². The van der Waals surface area contributed by atoms with E-state index < -0.39 is 23.8 Å². The van der Waals surface area contributed by atoms with E-state index in [-0.39, 0.29) is 22.7 Å². The topological polar surface area (TPSA) is 67.9 Å². The monoisotopic (exact) mass is 428 g/mol. The zero-order valence-corrected chi connectivity index (χ0v) is 15.9. The lowest BCUT2D eigenvalue weighted by Gasteiger charge is -2.35. The average molecular weight is 429 g/mol. The summed E-state index contributed by atoms with van der Waals surface area (Å²) in [6.07, 6.45) is -5.00. The molecule has 154 valence electrons. The van der Waals surface area contributed by atoms with E-state index in [0.717, 1.165) is 19.6 Å². The maximum Gasteiger partial charge on any atom is 0.418 e. The first-order valence-corrected chi connectivity index (χ1v) is 8.89. The van der Waals surface area contributed by atoms with E-state index in [1.807, 2.05) is 0 Å². The van der Waals surface area contributed by atoms with Gasteiger partial charge in [-0.05, 0) is 42.8 Å². The summed E-state index contributed by atoms with van der Waals surface area (Å²) in [6.45, 7) is 0.879. The molecule has 29 heavy (non-hydrogen) atoms. The Morgan fingerprint density at radius 3 is 2.31 bits per heavy atom. The second-order valence-electron chi connectivity index (χ2n) is 6.21. The number of hydrogen-bond acceptors (Lipinski definition) is 5. The summed E-state index contributed by atoms with van der Waals surface area (Å²) < 4.78 is 50.4. The molecule has 1 aliphatic heterocycles. The number of amides is 1. The molecular weight excluding hydrogens is 413 g/mol. The van der Waals surface area contributed by atoms with Crippen LogP contribution in [0.4, 0.5) is 29.3 Å². The fourth-order valence-electron chi connectivity index (χ4n) is 2.76. The lowest BCUT2D eigenvalue weighted by atomic mass is 10.0. The minimum Gasteiger partial charge on any atom is -0.465 e. The Hall–Kier alpha value is -2.94. The van der Waals surface area contributed by atoms with E-state index in [0.29, 0.717) is 24.2 Å². The van der Waals surface area contributed by atoms with Crippen molar-refractivity contribution in [3.8, 4) is 5.75 Å². The van der Waals surface area contributed by atoms with Gasteiger partial charge in [-0.1, -0.05) is 11.6 Å². The summed E-state index contributed by atoms with van der Waals surface area (Å²) in [5, 5.41) is 2.61. The fourth-order valence-corrected chi connectivity index (χ4v) is 2.89. The van der Waals surface area contributed by atoms with Crippen molar-refractivity contribution < 1.29 is 32.2 Å². The first kappa shape index (κ1) is 20.8. The van der Waals surface area contributed by atoms with Crippen molar-refractivity contribution in [3.63, 3.8) is 0 Å². The second-order valence-corrected chi connectivity index (χ2v) is 6.65. The minimum absolute atomic E-state index is 0.125. The molecule has 0 aliphatic carbocycles. The maximum atomic E-state index is 13.6. The van der Waals surface area contributed by atoms with Gasteiger partial charge in [-0.2, -0.15) is 13.2 Å². The summed E-state index contributed by atoms with van der Waals surface area (Å²) in [7, 11) is 1.10. The van der Waals surface area contributed by atoms with Gasteiger partial charge in [-0.15, -0.1) is 0 Å². The first-order chi connectivity index (χ1) is 13.7. The van der Waals surface area contributed by atoms with Crippen molar-refractivity contribution in [1.82, 2.24) is 0 Å². The summed E-state index contributed by atoms with van der Waals surface area (Å²) in [4.78, 5) is 25.8. The molecule has 0 unspecified atom stereocenters. The molecule has 1 fully saturated rings. The highest BCUT2D eigenvalue weighted by molar-refractivity contribution is 6.30. The van der Waals surface area contributed by atoms with Crippen LogP contribution in [0.2, 0.25) is 5.02 Å². The normalized spacial score (nSPS) is 13.5. The highest BCUT2D eigenvalue weighted by Gasteiger charge is 2.38. The average Bonchev–Trinajstić information content (AvgIpc) is 2.61. The van der Waals surface area contributed by atoms with Gasteiger partial charge in [0.25, 0.3) is 0 Å². The lowest BCUT2D eigenvalue weighted by molar-refractivity contribution is -0.137. The van der Waals surface area contributed by atoms with Gasteiger partial charge in [0.05, 0.1) is 23.9 Å². The SMILES string of the molecule is COC(=O)c1cc(N2CCC2)c(C(F)(F)F)cc1NC(=O)Oc1ccc(Cl)cc1. The van der Waals surface area contributed by atoms with Crippen LogP contribution in [0.1, 0.15) is 22.3 Å². The van der Waals surface area contributed by atoms with Crippen LogP contribution in [0, 0.1) is 0 Å². The molecule has 6 nitrogen and oxygen atoms in total. The van der Waals surface area contributed by atoms with Gasteiger partial charge in [-0.3, -0.25) is 5.32 Å². The van der Waals surface area contributed by atoms with Crippen LogP contribution >= 0.6 is 11.6 Å². The molecule has 1 heterocycles. The second kappa shape index (κ2) is 8.20. The third-order valence-electron chi connectivity index (χ3n) is 4.30. The van der Waals surface area contributed by atoms with Gasteiger partial charge in [-0.25, -0.2) is 9.59 Å². The van der Waals surface area contributed by atoms with Crippen LogP contribution in [0.25, 0.3) is 0 Å². The molecule has 10 heteroatoms. The molecule has 1 aliphatic rings. The number of carbonyl (C=O) groups excluding carboxylic acids is 2. The smallest absolute Gasteiger partial charge is 0.418 e. The zero-order valence-electron chi connectivity index (χ0n) is 15.2. The predicted molar refractivity (Wildman–Crippen MR) is 101 cm³/mol. The number of methoxy groups -OCH3 is 1. The van der Waals surface area contributed by atoms with Crippen LogP contribution in [0.3, 0.4) is 0 Å². The molecule has 0 saturated carbocycles. The molecular formula is C19H16ClF3N2O4. The summed E-state index contributed by atoms with van der Waals surface area (Å²) in [6, 6.07) is 7.57. The number of alkyl halides is 3. The standard InChI is InChI=1S/C19H16ClF3N2O4/c1-28-17(26)13-9-16(25-7-2-8-25)14(19(21,22)23)10-15(13)24-18(27)29-12-5-3-11(20)4-6-12/h3-6,9-10H,2,7-8H2,1H3,(H,24,27). The quantitative estimate of drug-likeness (QED) is 0.697. The number of carbonyl (C=O) groups is 2. The summed E-state index contributed by atoms with van der Waals surface area (Å²) in [5.74, 6) is -0.762. The van der Waals surface area contributed by atoms with E-state index in [9.17, 15) is 22.8 Å². The van der Waals surface area contributed by atoms with Crippen LogP contribution < -0.4 is 15.0 Å². The predicted octanol–water partition coefficient (Wildman–Crippen LogP) is 4.97. The fraction of sp³-hybridized carbons (Fsp3) is 0.263. The van der Waals surface area contributed by atoms with Gasteiger partial charge in [0.1, 0.15) is 5.75 Å². The third-order valence-corrected chi connectivity index (χ3v) is 4.56. The van der Waals surface area contributed by atoms with Gasteiger partial charge in [0.2, 0.25) is 0 Å². The van der Waals surface area contributed by atoms with Gasteiger partial charge < -0.3 is 14.4 Å². The molecule has 0 spiro atoms. The summed E-state index contributed by atoms with van der Waals surface area (Å²) >= 11 is 5.75. The van der Waals surface area contributed by atoms with Gasteiger partial charge in [0, 0.05) is 23.8 Å². The van der Waals surface area contributed by atoms with Gasteiger partial charge >= 0.3 is 18.2 Å². The molecule has 0 bridgehead atoms. The molecule has 2 aromatic carbocycles. The van der Waals surface area contributed by atoms with Crippen molar-refractivity contribution in [3.05, 3.63) is 52.5 Å². The highest BCUT2D eigenvalue weighted by Crippen LogP contribution is 2.41. The van der Waals surface area contributed by atoms with Gasteiger partial charge in [0.15, 0.2) is 0 Å². The molecule has 0 aromatic heterocycles. The number of esters is 1. The number of benzene rings is 2. The Labute approximate surface area is 169 Å². The van der Waals surface area contributed by atoms with Crippen molar-refractivity contribution in [1.29, 1.82) is 0 Å². The molecule has 0 radical (unpaired) electrons. The van der Waals surface area contributed by atoms with E-state index in [4.69, 9.17) is 16.3 Å². The Bertz CT molecular complexity index is 928. The molecule has 1 saturated heterocycles. The van der Waals surface area contributed by atoms with E-state index in [1.165, 1.54) is 29.2 Å². The lowest BCUT2D eigenvalue weighted by Crippen LogP contribution is -2.38. The van der Waals surface area contributed by atoms with Crippen molar-refractivity contribution >= 4 is 35.0 Å². The van der Waals surface area contributed by atoms with Crippen molar-refractivity contribution in [2.24, 2.45) is 0 Å². The summed E-state index contributed by atoms with van der Waals surface area (Å²) in [5.41, 5.74) is -1.68. The Morgan fingerprint density at radius 2 is 1.79 bits per heavy atom. The molecule has 1 amide bonds. The number of nitrogens with one attached hydrogen (secondary N) is 1. The first-order valence-electron chi connectivity index (χ1n) is 8.52. The van der Waals surface area contributed by atoms with Crippen molar-refractivity contribution in [2.45, 2.75) is 12.6 Å². The number of ether oxygens (including phenoxy) is 2. The number of anilines is 2. The Kier molecular flexibility index (Phi) is 5.88. The van der Waals surface area contributed by atoms with Crippen LogP contribution in [-0.4, -0.2) is 32.3 Å². The molecule has 2 aromatic rings. The van der Waals surface area contributed by atoms with E-state index >= 15 is 0 Å². The van der Waals surface area contributed by atoms with Crippen molar-refractivity contribution in [2.75, 3.05) is 30.4 Å². The molecule has 0 atom stereocenters. The maximum absolute atomic E-state index is 13.6. The number of nitrogens with zero attached hydrogens (tertiary/aromatic N) is 1. The number of hydrogen-bond donors (Lipinski definition) is 1. The molecule has 3 rings (SSSR count). The highest BCUT2D eigenvalue weighted by atomic mass is 35.5. The van der Waals surface area contributed by atoms with E-state index in [2.05, 4.69) is 10.1 Å². The largest absolute Gasteiger partial charge is 0.465 e. The number of rotatable bonds is 4. The molecule has 1 N–H and O–H groups in total. The zero-order chi connectivity index (χ0) is 21.2.